The van der Waals surface area contributed by atoms with Crippen molar-refractivity contribution in [3.05, 3.63) is 23.7 Å². The van der Waals surface area contributed by atoms with E-state index in [0.717, 1.165) is 5.76 Å². The lowest BCUT2D eigenvalue weighted by atomic mass is 9.97. The highest BCUT2D eigenvalue weighted by atomic mass is 16.4. The van der Waals surface area contributed by atoms with Gasteiger partial charge in [-0.05, 0) is 38.3 Å². The van der Waals surface area contributed by atoms with Crippen molar-refractivity contribution in [2.45, 2.75) is 40.2 Å². The Balaban J connectivity index is 2.44. The average molecular weight is 296 g/mol. The summed E-state index contributed by atoms with van der Waals surface area (Å²) in [5, 5.41) is 14.4. The second-order valence-corrected chi connectivity index (χ2v) is 5.69. The molecule has 6 heteroatoms. The Kier molecular flexibility index (Phi) is 6.27. The molecule has 0 bridgehead atoms. The number of hydrogen-bond acceptors (Lipinski definition) is 3. The molecule has 0 spiro atoms. The second kappa shape index (κ2) is 7.71. The smallest absolute Gasteiger partial charge is 0.315 e. The molecule has 1 rings (SSSR count). The van der Waals surface area contributed by atoms with Gasteiger partial charge in [-0.2, -0.15) is 0 Å². The highest BCUT2D eigenvalue weighted by molar-refractivity contribution is 5.76. The predicted molar refractivity (Wildman–Crippen MR) is 79.0 cm³/mol. The van der Waals surface area contributed by atoms with Crippen LogP contribution in [0, 0.1) is 18.8 Å². The number of hydrogen-bond donors (Lipinski definition) is 3. The van der Waals surface area contributed by atoms with Gasteiger partial charge in [0.2, 0.25) is 0 Å². The lowest BCUT2D eigenvalue weighted by molar-refractivity contribution is -0.142. The van der Waals surface area contributed by atoms with E-state index < -0.39 is 17.9 Å². The number of rotatable bonds is 7. The standard InChI is InChI=1S/C15H24N2O4/c1-9(2)7-12(14(18)19)8-16-15(20)17-11(4)13-6-5-10(3)21-13/h5-6,9,11-12H,7-8H2,1-4H3,(H,18,19)(H2,16,17,20). The quantitative estimate of drug-likeness (QED) is 0.721. The van der Waals surface area contributed by atoms with Crippen LogP contribution in [0.15, 0.2) is 16.5 Å². The van der Waals surface area contributed by atoms with Crippen LogP contribution >= 0.6 is 0 Å². The first-order chi connectivity index (χ1) is 9.79. The summed E-state index contributed by atoms with van der Waals surface area (Å²) in [7, 11) is 0. The van der Waals surface area contributed by atoms with Crippen LogP contribution in [0.1, 0.15) is 44.8 Å². The van der Waals surface area contributed by atoms with Crippen LogP contribution < -0.4 is 10.6 Å². The summed E-state index contributed by atoms with van der Waals surface area (Å²) in [6.45, 7) is 7.66. The molecule has 0 aliphatic rings. The van der Waals surface area contributed by atoms with Crippen molar-refractivity contribution in [3.8, 4) is 0 Å². The Labute approximate surface area is 124 Å². The molecule has 1 heterocycles. The third-order valence-corrected chi connectivity index (χ3v) is 3.15. The second-order valence-electron chi connectivity index (χ2n) is 5.69. The fourth-order valence-corrected chi connectivity index (χ4v) is 2.06. The number of furan rings is 1. The summed E-state index contributed by atoms with van der Waals surface area (Å²) in [5.41, 5.74) is 0. The van der Waals surface area contributed by atoms with Gasteiger partial charge in [0, 0.05) is 6.54 Å². The summed E-state index contributed by atoms with van der Waals surface area (Å²) in [6.07, 6.45) is 0.530. The van der Waals surface area contributed by atoms with Gasteiger partial charge < -0.3 is 20.2 Å². The van der Waals surface area contributed by atoms with Gasteiger partial charge in [-0.1, -0.05) is 13.8 Å². The zero-order chi connectivity index (χ0) is 16.0. The van der Waals surface area contributed by atoms with Crippen molar-refractivity contribution >= 4 is 12.0 Å². The molecule has 1 aromatic heterocycles. The number of carboxylic acid groups (broad SMARTS) is 1. The Bertz CT molecular complexity index is 482. The van der Waals surface area contributed by atoms with Crippen molar-refractivity contribution in [3.63, 3.8) is 0 Å². The van der Waals surface area contributed by atoms with E-state index in [4.69, 9.17) is 9.52 Å². The summed E-state index contributed by atoms with van der Waals surface area (Å²) in [6, 6.07) is 2.96. The normalized spacial score (nSPS) is 13.8. The molecule has 21 heavy (non-hydrogen) atoms. The van der Waals surface area contributed by atoms with Crippen LogP contribution in [-0.4, -0.2) is 23.7 Å². The molecule has 0 aliphatic carbocycles. The van der Waals surface area contributed by atoms with Crippen molar-refractivity contribution in [2.75, 3.05) is 6.54 Å². The fraction of sp³-hybridized carbons (Fsp3) is 0.600. The van der Waals surface area contributed by atoms with Gasteiger partial charge in [0.1, 0.15) is 11.5 Å². The lowest BCUT2D eigenvalue weighted by Gasteiger charge is -2.17. The van der Waals surface area contributed by atoms with E-state index in [2.05, 4.69) is 10.6 Å². The monoisotopic (exact) mass is 296 g/mol. The van der Waals surface area contributed by atoms with E-state index >= 15 is 0 Å². The zero-order valence-electron chi connectivity index (χ0n) is 13.0. The molecule has 118 valence electrons. The molecule has 0 saturated carbocycles. The number of carbonyl (C=O) groups is 2. The molecule has 0 aromatic carbocycles. The van der Waals surface area contributed by atoms with Crippen molar-refractivity contribution in [1.82, 2.24) is 10.6 Å². The van der Waals surface area contributed by atoms with Crippen LogP contribution in [0.5, 0.6) is 0 Å². The van der Waals surface area contributed by atoms with Crippen LogP contribution in [-0.2, 0) is 4.79 Å². The molecule has 2 amide bonds. The average Bonchev–Trinajstić information content (AvgIpc) is 2.80. The molecule has 6 nitrogen and oxygen atoms in total. The van der Waals surface area contributed by atoms with Crippen LogP contribution in [0.25, 0.3) is 0 Å². The Morgan fingerprint density at radius 2 is 1.95 bits per heavy atom. The zero-order valence-corrected chi connectivity index (χ0v) is 13.0. The topological polar surface area (TPSA) is 91.6 Å². The summed E-state index contributed by atoms with van der Waals surface area (Å²) >= 11 is 0. The number of amides is 2. The first-order valence-corrected chi connectivity index (χ1v) is 7.13. The van der Waals surface area contributed by atoms with Gasteiger partial charge in [-0.25, -0.2) is 4.79 Å². The Hall–Kier alpha value is -1.98. The first-order valence-electron chi connectivity index (χ1n) is 7.13. The number of carboxylic acids is 1. The van der Waals surface area contributed by atoms with Gasteiger partial charge in [-0.15, -0.1) is 0 Å². The molecular weight excluding hydrogens is 272 g/mol. The van der Waals surface area contributed by atoms with Crippen LogP contribution in [0.3, 0.4) is 0 Å². The molecule has 0 fully saturated rings. The maximum atomic E-state index is 11.8. The van der Waals surface area contributed by atoms with E-state index in [9.17, 15) is 9.59 Å². The van der Waals surface area contributed by atoms with Crippen molar-refractivity contribution in [2.24, 2.45) is 11.8 Å². The van der Waals surface area contributed by atoms with Crippen molar-refractivity contribution < 1.29 is 19.1 Å². The number of nitrogens with one attached hydrogen (secondary N) is 2. The highest BCUT2D eigenvalue weighted by Crippen LogP contribution is 2.15. The fourth-order valence-electron chi connectivity index (χ4n) is 2.06. The molecule has 1 aromatic rings. The highest BCUT2D eigenvalue weighted by Gasteiger charge is 2.20. The number of aliphatic carboxylic acids is 1. The third kappa shape index (κ3) is 5.89. The van der Waals surface area contributed by atoms with Crippen LogP contribution in [0.4, 0.5) is 4.79 Å². The van der Waals surface area contributed by atoms with Crippen molar-refractivity contribution in [1.29, 1.82) is 0 Å². The Morgan fingerprint density at radius 1 is 1.29 bits per heavy atom. The molecule has 0 saturated heterocycles. The lowest BCUT2D eigenvalue weighted by Crippen LogP contribution is -2.41. The molecule has 0 aliphatic heterocycles. The molecule has 2 atom stereocenters. The molecule has 0 radical (unpaired) electrons. The predicted octanol–water partition coefficient (Wildman–Crippen LogP) is 2.70. The van der Waals surface area contributed by atoms with E-state index in [1.807, 2.05) is 26.8 Å². The van der Waals surface area contributed by atoms with E-state index in [1.165, 1.54) is 0 Å². The number of urea groups is 1. The SMILES string of the molecule is Cc1ccc(C(C)NC(=O)NCC(CC(C)C)C(=O)O)o1. The minimum Gasteiger partial charge on any atom is -0.481 e. The summed E-state index contributed by atoms with van der Waals surface area (Å²) in [5.74, 6) is 0.248. The Morgan fingerprint density at radius 3 is 2.43 bits per heavy atom. The van der Waals surface area contributed by atoms with Gasteiger partial charge in [-0.3, -0.25) is 4.79 Å². The minimum atomic E-state index is -0.890. The number of aryl methyl sites for hydroxylation is 1. The van der Waals surface area contributed by atoms with Gasteiger partial charge in [0.25, 0.3) is 0 Å². The first kappa shape index (κ1) is 17.1. The molecular formula is C15H24N2O4. The molecule has 3 N–H and O–H groups in total. The maximum Gasteiger partial charge on any atom is 0.315 e. The van der Waals surface area contributed by atoms with E-state index in [1.54, 1.807) is 13.0 Å². The number of carbonyl (C=O) groups excluding carboxylic acids is 1. The summed E-state index contributed by atoms with van der Waals surface area (Å²) in [4.78, 5) is 22.9. The van der Waals surface area contributed by atoms with Gasteiger partial charge in [0.15, 0.2) is 0 Å². The van der Waals surface area contributed by atoms with Crippen LogP contribution in [0.2, 0.25) is 0 Å². The van der Waals surface area contributed by atoms with Gasteiger partial charge >= 0.3 is 12.0 Å². The van der Waals surface area contributed by atoms with E-state index in [-0.39, 0.29) is 18.5 Å². The summed E-state index contributed by atoms with van der Waals surface area (Å²) < 4.78 is 5.43. The maximum absolute atomic E-state index is 11.8. The van der Waals surface area contributed by atoms with E-state index in [0.29, 0.717) is 12.2 Å². The van der Waals surface area contributed by atoms with Gasteiger partial charge in [0.05, 0.1) is 12.0 Å². The third-order valence-electron chi connectivity index (χ3n) is 3.15. The molecule has 2 unspecified atom stereocenters. The largest absolute Gasteiger partial charge is 0.481 e. The minimum absolute atomic E-state index is 0.114.